The number of hydrogen-bond acceptors (Lipinski definition) is 2. The molecule has 0 fully saturated rings. The normalized spacial score (nSPS) is 15.8. The van der Waals surface area contributed by atoms with Crippen molar-refractivity contribution in [2.24, 2.45) is 0 Å². The van der Waals surface area contributed by atoms with Crippen molar-refractivity contribution in [1.82, 2.24) is 9.88 Å². The third-order valence-electron chi connectivity index (χ3n) is 4.55. The van der Waals surface area contributed by atoms with Crippen LogP contribution in [0.2, 0.25) is 0 Å². The van der Waals surface area contributed by atoms with Crippen molar-refractivity contribution in [2.75, 3.05) is 6.61 Å². The second-order valence-electron chi connectivity index (χ2n) is 6.37. The van der Waals surface area contributed by atoms with Crippen molar-refractivity contribution in [3.63, 3.8) is 0 Å². The molecular formula is C21H19BrN2O2. The molecular weight excluding hydrogens is 392 g/mol. The summed E-state index contributed by atoms with van der Waals surface area (Å²) in [4.78, 5) is 12.5. The van der Waals surface area contributed by atoms with Gasteiger partial charge in [0.05, 0.1) is 19.1 Å². The minimum atomic E-state index is -0.0112. The molecule has 1 amide bonds. The maximum Gasteiger partial charge on any atom is 0.224 e. The highest BCUT2D eigenvalue weighted by atomic mass is 79.9. The van der Waals surface area contributed by atoms with Gasteiger partial charge in [0, 0.05) is 34.5 Å². The fourth-order valence-corrected chi connectivity index (χ4v) is 3.62. The number of hydrogen-bond donors (Lipinski definition) is 1. The van der Waals surface area contributed by atoms with Gasteiger partial charge in [-0.1, -0.05) is 28.1 Å². The second-order valence-corrected chi connectivity index (χ2v) is 7.29. The number of ether oxygens (including phenoxy) is 1. The van der Waals surface area contributed by atoms with Gasteiger partial charge in [-0.05, 0) is 48.0 Å². The SMILES string of the molecule is O=C(Cc1ccc(-n2cccc2)cc1)NC1CCOc2ccc(Br)cc21. The maximum atomic E-state index is 12.5. The fourth-order valence-electron chi connectivity index (χ4n) is 3.24. The van der Waals surface area contributed by atoms with Crippen LogP contribution in [0.1, 0.15) is 23.6 Å². The van der Waals surface area contributed by atoms with Crippen LogP contribution in [0.15, 0.2) is 71.5 Å². The first kappa shape index (κ1) is 16.9. The van der Waals surface area contributed by atoms with Crippen molar-refractivity contribution in [3.05, 3.63) is 82.6 Å². The number of fused-ring (bicyclic) bond motifs is 1. The smallest absolute Gasteiger partial charge is 0.224 e. The Kier molecular flexibility index (Phi) is 4.80. The molecule has 0 spiro atoms. The summed E-state index contributed by atoms with van der Waals surface area (Å²) in [6.07, 6.45) is 5.15. The number of nitrogens with zero attached hydrogens (tertiary/aromatic N) is 1. The first-order chi connectivity index (χ1) is 12.7. The molecule has 1 aliphatic rings. The van der Waals surface area contributed by atoms with Gasteiger partial charge in [0.25, 0.3) is 0 Å². The molecule has 3 aromatic rings. The fraction of sp³-hybridized carbons (Fsp3) is 0.190. The van der Waals surface area contributed by atoms with Gasteiger partial charge in [-0.25, -0.2) is 0 Å². The first-order valence-corrected chi connectivity index (χ1v) is 9.42. The number of rotatable bonds is 4. The maximum absolute atomic E-state index is 12.5. The Morgan fingerprint density at radius 3 is 2.69 bits per heavy atom. The van der Waals surface area contributed by atoms with E-state index in [9.17, 15) is 4.79 Å². The molecule has 0 aliphatic carbocycles. The Morgan fingerprint density at radius 1 is 1.15 bits per heavy atom. The molecule has 0 saturated heterocycles. The van der Waals surface area contributed by atoms with Gasteiger partial charge in [0.15, 0.2) is 0 Å². The molecule has 1 unspecified atom stereocenters. The van der Waals surface area contributed by atoms with Gasteiger partial charge < -0.3 is 14.6 Å². The highest BCUT2D eigenvalue weighted by Gasteiger charge is 2.23. The zero-order valence-corrected chi connectivity index (χ0v) is 15.8. The summed E-state index contributed by atoms with van der Waals surface area (Å²) in [6, 6.07) is 18.0. The summed E-state index contributed by atoms with van der Waals surface area (Å²) in [6.45, 7) is 0.616. The second kappa shape index (κ2) is 7.38. The van der Waals surface area contributed by atoms with Gasteiger partial charge >= 0.3 is 0 Å². The summed E-state index contributed by atoms with van der Waals surface area (Å²) < 4.78 is 8.71. The monoisotopic (exact) mass is 410 g/mol. The quantitative estimate of drug-likeness (QED) is 0.691. The number of halogens is 1. The van der Waals surface area contributed by atoms with E-state index in [2.05, 4.69) is 21.2 Å². The van der Waals surface area contributed by atoms with E-state index in [0.717, 1.165) is 33.5 Å². The lowest BCUT2D eigenvalue weighted by atomic mass is 10.00. The van der Waals surface area contributed by atoms with Gasteiger partial charge in [0.1, 0.15) is 5.75 Å². The molecule has 1 N–H and O–H groups in total. The van der Waals surface area contributed by atoms with Crippen LogP contribution in [0.5, 0.6) is 5.75 Å². The minimum absolute atomic E-state index is 0.0112. The minimum Gasteiger partial charge on any atom is -0.493 e. The molecule has 2 heterocycles. The van der Waals surface area contributed by atoms with E-state index < -0.39 is 0 Å². The molecule has 26 heavy (non-hydrogen) atoms. The van der Waals surface area contributed by atoms with E-state index in [1.807, 2.05) is 71.6 Å². The van der Waals surface area contributed by atoms with Gasteiger partial charge in [-0.2, -0.15) is 0 Å². The standard InChI is InChI=1S/C21H19BrN2O2/c22-16-5-8-20-18(14-16)19(9-12-26-20)23-21(25)13-15-3-6-17(7-4-15)24-10-1-2-11-24/h1-8,10-11,14,19H,9,12-13H2,(H,23,25). The van der Waals surface area contributed by atoms with E-state index >= 15 is 0 Å². The summed E-state index contributed by atoms with van der Waals surface area (Å²) in [5, 5.41) is 3.15. The predicted molar refractivity (Wildman–Crippen MR) is 105 cm³/mol. The molecule has 0 bridgehead atoms. The van der Waals surface area contributed by atoms with Crippen LogP contribution in [-0.4, -0.2) is 17.1 Å². The Hall–Kier alpha value is -2.53. The van der Waals surface area contributed by atoms with Gasteiger partial charge in [-0.3, -0.25) is 4.79 Å². The highest BCUT2D eigenvalue weighted by molar-refractivity contribution is 9.10. The van der Waals surface area contributed by atoms with E-state index in [4.69, 9.17) is 4.74 Å². The van der Waals surface area contributed by atoms with E-state index in [1.165, 1.54) is 0 Å². The number of aromatic nitrogens is 1. The molecule has 4 nitrogen and oxygen atoms in total. The molecule has 132 valence electrons. The largest absolute Gasteiger partial charge is 0.493 e. The zero-order chi connectivity index (χ0) is 17.9. The molecule has 2 aromatic carbocycles. The number of carbonyl (C=O) groups is 1. The summed E-state index contributed by atoms with van der Waals surface area (Å²) in [5.41, 5.74) is 3.12. The van der Waals surface area contributed by atoms with Crippen molar-refractivity contribution in [2.45, 2.75) is 18.9 Å². The predicted octanol–water partition coefficient (Wildman–Crippen LogP) is 4.42. The first-order valence-electron chi connectivity index (χ1n) is 8.63. The van der Waals surface area contributed by atoms with Crippen molar-refractivity contribution < 1.29 is 9.53 Å². The molecule has 5 heteroatoms. The Morgan fingerprint density at radius 2 is 1.92 bits per heavy atom. The lowest BCUT2D eigenvalue weighted by Gasteiger charge is -2.27. The topological polar surface area (TPSA) is 43.3 Å². The molecule has 1 aliphatic heterocycles. The van der Waals surface area contributed by atoms with Crippen LogP contribution >= 0.6 is 15.9 Å². The molecule has 1 aromatic heterocycles. The molecule has 0 radical (unpaired) electrons. The summed E-state index contributed by atoms with van der Waals surface area (Å²) in [5.74, 6) is 0.873. The van der Waals surface area contributed by atoms with E-state index in [0.29, 0.717) is 13.0 Å². The van der Waals surface area contributed by atoms with Crippen molar-refractivity contribution >= 4 is 21.8 Å². The van der Waals surface area contributed by atoms with Gasteiger partial charge in [-0.15, -0.1) is 0 Å². The average molecular weight is 411 g/mol. The van der Waals surface area contributed by atoms with E-state index in [1.54, 1.807) is 0 Å². The number of carbonyl (C=O) groups excluding carboxylic acids is 1. The highest BCUT2D eigenvalue weighted by Crippen LogP contribution is 2.34. The van der Waals surface area contributed by atoms with Crippen LogP contribution in [0.3, 0.4) is 0 Å². The van der Waals surface area contributed by atoms with Crippen LogP contribution < -0.4 is 10.1 Å². The average Bonchev–Trinajstić information content (AvgIpc) is 3.17. The lowest BCUT2D eigenvalue weighted by molar-refractivity contribution is -0.121. The van der Waals surface area contributed by atoms with Gasteiger partial charge in [0.2, 0.25) is 5.91 Å². The molecule has 0 saturated carbocycles. The van der Waals surface area contributed by atoms with Crippen LogP contribution in [0, 0.1) is 0 Å². The summed E-state index contributed by atoms with van der Waals surface area (Å²) >= 11 is 3.49. The zero-order valence-electron chi connectivity index (χ0n) is 14.2. The Balaban J connectivity index is 1.43. The third kappa shape index (κ3) is 3.68. The molecule has 4 rings (SSSR count). The number of amides is 1. The number of nitrogens with one attached hydrogen (secondary N) is 1. The van der Waals surface area contributed by atoms with Crippen LogP contribution in [-0.2, 0) is 11.2 Å². The number of benzene rings is 2. The van der Waals surface area contributed by atoms with Crippen LogP contribution in [0.4, 0.5) is 0 Å². The summed E-state index contributed by atoms with van der Waals surface area (Å²) in [7, 11) is 0. The van der Waals surface area contributed by atoms with Crippen molar-refractivity contribution in [1.29, 1.82) is 0 Å². The van der Waals surface area contributed by atoms with Crippen molar-refractivity contribution in [3.8, 4) is 11.4 Å². The Labute approximate surface area is 160 Å². The molecule has 1 atom stereocenters. The lowest BCUT2D eigenvalue weighted by Crippen LogP contribution is -2.33. The Bertz CT molecular complexity index is 904. The third-order valence-corrected chi connectivity index (χ3v) is 5.04. The van der Waals surface area contributed by atoms with E-state index in [-0.39, 0.29) is 11.9 Å². The van der Waals surface area contributed by atoms with Crippen LogP contribution in [0.25, 0.3) is 5.69 Å².